The van der Waals surface area contributed by atoms with Crippen molar-refractivity contribution in [2.45, 2.75) is 59.1 Å². The number of carbonyl (C=O) groups excluding carboxylic acids is 1. The van der Waals surface area contributed by atoms with Gasteiger partial charge in [-0.2, -0.15) is 12.7 Å². The highest BCUT2D eigenvalue weighted by molar-refractivity contribution is 7.87. The molecule has 0 spiro atoms. The quantitative estimate of drug-likeness (QED) is 0.776. The molecule has 1 N–H and O–H groups in total. The van der Waals surface area contributed by atoms with Crippen LogP contribution in [0.1, 0.15) is 47.5 Å². The van der Waals surface area contributed by atoms with Gasteiger partial charge in [-0.25, -0.2) is 4.72 Å². The number of ether oxygens (including phenoxy) is 1. The van der Waals surface area contributed by atoms with Gasteiger partial charge in [-0.3, -0.25) is 4.79 Å². The van der Waals surface area contributed by atoms with E-state index in [2.05, 4.69) is 4.72 Å². The summed E-state index contributed by atoms with van der Waals surface area (Å²) in [5.74, 6) is -0.253. The second-order valence-electron chi connectivity index (χ2n) is 6.55. The maximum absolute atomic E-state index is 12.2. The lowest BCUT2D eigenvalue weighted by Crippen LogP contribution is -2.48. The molecule has 0 unspecified atom stereocenters. The molecule has 1 saturated heterocycles. The predicted octanol–water partition coefficient (Wildman–Crippen LogP) is 1.28. The largest absolute Gasteiger partial charge is 0.459 e. The molecule has 0 aromatic rings. The molecule has 1 heterocycles. The molecule has 0 saturated carbocycles. The maximum Gasteiger partial charge on any atom is 0.325 e. The smallest absolute Gasteiger partial charge is 0.325 e. The van der Waals surface area contributed by atoms with E-state index in [4.69, 9.17) is 4.74 Å². The topological polar surface area (TPSA) is 75.7 Å². The van der Waals surface area contributed by atoms with Gasteiger partial charge in [0.1, 0.15) is 11.6 Å². The SMILES string of the molecule is CC(C)CNS(=O)(=O)N1CCC[C@@H]1C(=O)OC(C)(C)C. The second-order valence-corrected chi connectivity index (χ2v) is 8.26. The Hall–Kier alpha value is -0.660. The monoisotopic (exact) mass is 306 g/mol. The van der Waals surface area contributed by atoms with Gasteiger partial charge in [0, 0.05) is 13.1 Å². The molecule has 1 aliphatic heterocycles. The lowest BCUT2D eigenvalue weighted by atomic mass is 10.2. The van der Waals surface area contributed by atoms with Crippen molar-refractivity contribution < 1.29 is 17.9 Å². The minimum atomic E-state index is -3.62. The molecule has 1 rings (SSSR count). The van der Waals surface area contributed by atoms with E-state index in [1.165, 1.54) is 4.31 Å². The van der Waals surface area contributed by atoms with Crippen LogP contribution in [0.2, 0.25) is 0 Å². The van der Waals surface area contributed by atoms with Gasteiger partial charge in [-0.15, -0.1) is 0 Å². The number of hydrogen-bond donors (Lipinski definition) is 1. The van der Waals surface area contributed by atoms with E-state index >= 15 is 0 Å². The van der Waals surface area contributed by atoms with Gasteiger partial charge in [0.25, 0.3) is 10.2 Å². The lowest BCUT2D eigenvalue weighted by molar-refractivity contribution is -0.158. The highest BCUT2D eigenvalue weighted by Crippen LogP contribution is 2.23. The Morgan fingerprint density at radius 3 is 2.50 bits per heavy atom. The van der Waals surface area contributed by atoms with Crippen molar-refractivity contribution in [3.05, 3.63) is 0 Å². The Morgan fingerprint density at radius 1 is 1.40 bits per heavy atom. The van der Waals surface area contributed by atoms with Gasteiger partial charge in [0.15, 0.2) is 0 Å². The molecule has 1 atom stereocenters. The van der Waals surface area contributed by atoms with E-state index in [9.17, 15) is 13.2 Å². The molecule has 118 valence electrons. The summed E-state index contributed by atoms with van der Waals surface area (Å²) >= 11 is 0. The van der Waals surface area contributed by atoms with Crippen molar-refractivity contribution in [3.8, 4) is 0 Å². The van der Waals surface area contributed by atoms with Crippen molar-refractivity contribution in [1.82, 2.24) is 9.03 Å². The van der Waals surface area contributed by atoms with Crippen LogP contribution < -0.4 is 4.72 Å². The molecule has 7 heteroatoms. The molecule has 6 nitrogen and oxygen atoms in total. The number of nitrogens with one attached hydrogen (secondary N) is 1. The third-order valence-electron chi connectivity index (χ3n) is 2.87. The first-order valence-electron chi connectivity index (χ1n) is 7.02. The molecule has 0 amide bonds. The average molecular weight is 306 g/mol. The summed E-state index contributed by atoms with van der Waals surface area (Å²) in [6.07, 6.45) is 1.18. The van der Waals surface area contributed by atoms with E-state index < -0.39 is 27.8 Å². The number of hydrogen-bond acceptors (Lipinski definition) is 4. The van der Waals surface area contributed by atoms with Crippen LogP contribution in [0, 0.1) is 5.92 Å². The molecule has 0 aromatic carbocycles. The zero-order chi connectivity index (χ0) is 15.6. The molecule has 0 aliphatic carbocycles. The zero-order valence-electron chi connectivity index (χ0n) is 13.0. The van der Waals surface area contributed by atoms with Crippen molar-refractivity contribution in [2.24, 2.45) is 5.92 Å². The third-order valence-corrected chi connectivity index (χ3v) is 4.45. The second kappa shape index (κ2) is 6.41. The third kappa shape index (κ3) is 5.03. The molecule has 1 fully saturated rings. The molecule has 0 radical (unpaired) electrons. The van der Waals surface area contributed by atoms with Crippen LogP contribution >= 0.6 is 0 Å². The van der Waals surface area contributed by atoms with Crippen molar-refractivity contribution >= 4 is 16.2 Å². The fraction of sp³-hybridized carbons (Fsp3) is 0.923. The Bertz CT molecular complexity index is 440. The molecule has 1 aliphatic rings. The van der Waals surface area contributed by atoms with E-state index in [0.29, 0.717) is 25.9 Å². The predicted molar refractivity (Wildman–Crippen MR) is 77.3 cm³/mol. The summed E-state index contributed by atoms with van der Waals surface area (Å²) in [5.41, 5.74) is -0.611. The number of carbonyl (C=O) groups is 1. The standard InChI is InChI=1S/C13H26N2O4S/c1-10(2)9-14-20(17,18)15-8-6-7-11(15)12(16)19-13(3,4)5/h10-11,14H,6-9H2,1-5H3/t11-/m1/s1. The first kappa shape index (κ1) is 17.4. The summed E-state index contributed by atoms with van der Waals surface area (Å²) in [7, 11) is -3.62. The highest BCUT2D eigenvalue weighted by atomic mass is 32.2. The fourth-order valence-electron chi connectivity index (χ4n) is 1.99. The van der Waals surface area contributed by atoms with Gasteiger partial charge in [-0.1, -0.05) is 13.8 Å². The minimum Gasteiger partial charge on any atom is -0.459 e. The highest BCUT2D eigenvalue weighted by Gasteiger charge is 2.40. The van der Waals surface area contributed by atoms with E-state index in [0.717, 1.165) is 0 Å². The lowest BCUT2D eigenvalue weighted by Gasteiger charge is -2.27. The summed E-state index contributed by atoms with van der Waals surface area (Å²) in [4.78, 5) is 12.1. The summed E-state index contributed by atoms with van der Waals surface area (Å²) < 4.78 is 33.5. The number of esters is 1. The number of rotatable bonds is 5. The van der Waals surface area contributed by atoms with Gasteiger partial charge >= 0.3 is 5.97 Å². The summed E-state index contributed by atoms with van der Waals surface area (Å²) in [6.45, 7) is 9.90. The van der Waals surface area contributed by atoms with Crippen molar-refractivity contribution in [1.29, 1.82) is 0 Å². The van der Waals surface area contributed by atoms with Gasteiger partial charge < -0.3 is 4.74 Å². The van der Waals surface area contributed by atoms with Crippen LogP contribution in [-0.4, -0.2) is 43.4 Å². The van der Waals surface area contributed by atoms with Crippen LogP contribution in [0.4, 0.5) is 0 Å². The van der Waals surface area contributed by atoms with Crippen LogP contribution in [0.5, 0.6) is 0 Å². The van der Waals surface area contributed by atoms with Crippen molar-refractivity contribution in [2.75, 3.05) is 13.1 Å². The van der Waals surface area contributed by atoms with Crippen LogP contribution in [-0.2, 0) is 19.7 Å². The summed E-state index contributed by atoms with van der Waals surface area (Å²) in [6, 6.07) is -0.709. The average Bonchev–Trinajstić information content (AvgIpc) is 2.73. The molecule has 0 aromatic heterocycles. The Labute approximate surface area is 122 Å². The van der Waals surface area contributed by atoms with Crippen LogP contribution in [0.3, 0.4) is 0 Å². The van der Waals surface area contributed by atoms with E-state index in [-0.39, 0.29) is 5.92 Å². The normalized spacial score (nSPS) is 21.4. The van der Waals surface area contributed by atoms with Gasteiger partial charge in [0.2, 0.25) is 0 Å². The first-order valence-corrected chi connectivity index (χ1v) is 8.46. The molecule has 0 bridgehead atoms. The molecular formula is C13H26N2O4S. The Kier molecular flexibility index (Phi) is 5.57. The summed E-state index contributed by atoms with van der Waals surface area (Å²) in [5, 5.41) is 0. The van der Waals surface area contributed by atoms with Gasteiger partial charge in [0.05, 0.1) is 0 Å². The van der Waals surface area contributed by atoms with Gasteiger partial charge in [-0.05, 0) is 39.5 Å². The fourth-order valence-corrected chi connectivity index (χ4v) is 3.59. The van der Waals surface area contributed by atoms with Crippen molar-refractivity contribution in [3.63, 3.8) is 0 Å². The molecular weight excluding hydrogens is 280 g/mol. The van der Waals surface area contributed by atoms with E-state index in [1.54, 1.807) is 20.8 Å². The minimum absolute atomic E-state index is 0.215. The Balaban J connectivity index is 2.76. The first-order chi connectivity index (χ1) is 9.03. The number of nitrogens with zero attached hydrogens (tertiary/aromatic N) is 1. The van der Waals surface area contributed by atoms with Crippen LogP contribution in [0.25, 0.3) is 0 Å². The maximum atomic E-state index is 12.2. The molecule has 20 heavy (non-hydrogen) atoms. The Morgan fingerprint density at radius 2 is 2.00 bits per heavy atom. The zero-order valence-corrected chi connectivity index (χ0v) is 13.8. The van der Waals surface area contributed by atoms with Crippen LogP contribution in [0.15, 0.2) is 0 Å². The van der Waals surface area contributed by atoms with E-state index in [1.807, 2.05) is 13.8 Å².